The number of nitrogens with zero attached hydrogens (tertiary/aromatic N) is 2. The van der Waals surface area contributed by atoms with E-state index >= 15 is 0 Å². The van der Waals surface area contributed by atoms with Crippen molar-refractivity contribution < 1.29 is 17.9 Å². The summed E-state index contributed by atoms with van der Waals surface area (Å²) in [5, 5.41) is 2.83. The Bertz CT molecular complexity index is 919. The Morgan fingerprint density at radius 2 is 1.62 bits per heavy atom. The van der Waals surface area contributed by atoms with Crippen LogP contribution in [-0.4, -0.2) is 63.4 Å². The van der Waals surface area contributed by atoms with Gasteiger partial charge in [-0.3, -0.25) is 4.79 Å². The van der Waals surface area contributed by atoms with Gasteiger partial charge in [-0.15, -0.1) is 0 Å². The number of carbonyl (C=O) groups is 1. The van der Waals surface area contributed by atoms with Gasteiger partial charge in [0.25, 0.3) is 5.91 Å². The van der Waals surface area contributed by atoms with E-state index in [9.17, 15) is 13.2 Å². The van der Waals surface area contributed by atoms with Crippen molar-refractivity contribution in [2.24, 2.45) is 0 Å². The smallest absolute Gasteiger partial charge is 0.255 e. The molecule has 0 atom stereocenters. The average molecular weight is 418 g/mol. The van der Waals surface area contributed by atoms with E-state index in [-0.39, 0.29) is 11.7 Å². The lowest BCUT2D eigenvalue weighted by atomic mass is 10.1. The van der Waals surface area contributed by atoms with E-state index < -0.39 is 10.0 Å². The maximum atomic E-state index is 12.6. The minimum Gasteiger partial charge on any atom is -0.494 e. The van der Waals surface area contributed by atoms with Crippen molar-refractivity contribution in [3.8, 4) is 5.75 Å². The minimum absolute atomic E-state index is 0.0580. The predicted molar refractivity (Wildman–Crippen MR) is 114 cm³/mol. The molecule has 0 spiro atoms. The molecule has 7 nitrogen and oxygen atoms in total. The molecule has 1 aliphatic heterocycles. The van der Waals surface area contributed by atoms with Crippen molar-refractivity contribution in [1.29, 1.82) is 0 Å². The lowest BCUT2D eigenvalue weighted by molar-refractivity contribution is 0.102. The van der Waals surface area contributed by atoms with Gasteiger partial charge >= 0.3 is 0 Å². The van der Waals surface area contributed by atoms with Gasteiger partial charge in [0.1, 0.15) is 5.75 Å². The number of amides is 1. The molecule has 0 unspecified atom stereocenters. The number of rotatable bonds is 7. The van der Waals surface area contributed by atoms with Crippen LogP contribution in [0.3, 0.4) is 0 Å². The maximum Gasteiger partial charge on any atom is 0.255 e. The van der Waals surface area contributed by atoms with E-state index in [4.69, 9.17) is 4.74 Å². The minimum atomic E-state index is -3.36. The van der Waals surface area contributed by atoms with E-state index in [2.05, 4.69) is 10.2 Å². The summed E-state index contributed by atoms with van der Waals surface area (Å²) in [6, 6.07) is 13.8. The van der Waals surface area contributed by atoms with E-state index in [1.165, 1.54) is 0 Å². The molecule has 8 heteroatoms. The highest BCUT2D eigenvalue weighted by atomic mass is 32.2. The van der Waals surface area contributed by atoms with Gasteiger partial charge in [0.15, 0.2) is 0 Å². The van der Waals surface area contributed by atoms with Crippen molar-refractivity contribution in [2.45, 2.75) is 12.7 Å². The van der Waals surface area contributed by atoms with Crippen molar-refractivity contribution in [3.05, 3.63) is 59.7 Å². The summed E-state index contributed by atoms with van der Waals surface area (Å²) in [7, 11) is -1.37. The molecular weight excluding hydrogens is 390 g/mol. The molecule has 1 fully saturated rings. The molecule has 29 heavy (non-hydrogen) atoms. The van der Waals surface area contributed by atoms with Crippen LogP contribution >= 0.6 is 0 Å². The SMILES string of the molecule is CCOc1ccc(NC(=O)c2ccc(CS(=O)(=O)N3CCN(C)CC3)cc2)cc1. The highest BCUT2D eigenvalue weighted by Gasteiger charge is 2.25. The molecule has 1 heterocycles. The second-order valence-electron chi connectivity index (χ2n) is 7.07. The number of hydrogen-bond donors (Lipinski definition) is 1. The summed E-state index contributed by atoms with van der Waals surface area (Å²) in [5.74, 6) is 0.441. The zero-order chi connectivity index (χ0) is 20.9. The average Bonchev–Trinajstić information content (AvgIpc) is 2.70. The number of nitrogens with one attached hydrogen (secondary N) is 1. The van der Waals surface area contributed by atoms with Gasteiger partial charge in [0, 0.05) is 37.4 Å². The van der Waals surface area contributed by atoms with Crippen LogP contribution in [0.4, 0.5) is 5.69 Å². The summed E-state index contributed by atoms with van der Waals surface area (Å²) in [6.07, 6.45) is 0. The van der Waals surface area contributed by atoms with Gasteiger partial charge in [0.2, 0.25) is 10.0 Å². The van der Waals surface area contributed by atoms with Gasteiger partial charge in [-0.1, -0.05) is 12.1 Å². The molecular formula is C21H27N3O4S. The van der Waals surface area contributed by atoms with Crippen LogP contribution in [0.15, 0.2) is 48.5 Å². The first-order chi connectivity index (χ1) is 13.9. The van der Waals surface area contributed by atoms with Crippen LogP contribution in [0, 0.1) is 0 Å². The van der Waals surface area contributed by atoms with Gasteiger partial charge in [-0.05, 0) is 55.9 Å². The fourth-order valence-electron chi connectivity index (χ4n) is 3.12. The molecule has 1 amide bonds. The van der Waals surface area contributed by atoms with Crippen LogP contribution in [0.2, 0.25) is 0 Å². The van der Waals surface area contributed by atoms with Crippen molar-refractivity contribution in [3.63, 3.8) is 0 Å². The normalized spacial score (nSPS) is 15.8. The Morgan fingerprint density at radius 3 is 2.21 bits per heavy atom. The van der Waals surface area contributed by atoms with Crippen LogP contribution in [0.25, 0.3) is 0 Å². The Morgan fingerprint density at radius 1 is 1.00 bits per heavy atom. The summed E-state index contributed by atoms with van der Waals surface area (Å²) >= 11 is 0. The molecule has 1 aliphatic rings. The van der Waals surface area contributed by atoms with E-state index in [1.807, 2.05) is 14.0 Å². The third kappa shape index (κ3) is 5.79. The van der Waals surface area contributed by atoms with Crippen LogP contribution < -0.4 is 10.1 Å². The summed E-state index contributed by atoms with van der Waals surface area (Å²) in [4.78, 5) is 14.5. The molecule has 0 aliphatic carbocycles. The molecule has 0 bridgehead atoms. The molecule has 3 rings (SSSR count). The molecule has 156 valence electrons. The van der Waals surface area contributed by atoms with E-state index in [0.29, 0.717) is 36.5 Å². The Hall–Kier alpha value is -2.42. The standard InChI is InChI=1S/C21H27N3O4S/c1-3-28-20-10-8-19(9-11-20)22-21(25)18-6-4-17(5-7-18)16-29(26,27)24-14-12-23(2)13-15-24/h4-11H,3,12-16H2,1-2H3,(H,22,25). The Kier molecular flexibility index (Phi) is 6.89. The van der Waals surface area contributed by atoms with Gasteiger partial charge < -0.3 is 15.0 Å². The number of piperazine rings is 1. The summed E-state index contributed by atoms with van der Waals surface area (Å²) < 4.78 is 32.2. The number of carbonyl (C=O) groups excluding carboxylic acids is 1. The highest BCUT2D eigenvalue weighted by molar-refractivity contribution is 7.88. The second kappa shape index (κ2) is 9.39. The highest BCUT2D eigenvalue weighted by Crippen LogP contribution is 2.18. The van der Waals surface area contributed by atoms with Crippen molar-refractivity contribution >= 4 is 21.6 Å². The number of benzene rings is 2. The van der Waals surface area contributed by atoms with Gasteiger partial charge in [-0.2, -0.15) is 4.31 Å². The van der Waals surface area contributed by atoms with Crippen LogP contribution in [0.5, 0.6) is 5.75 Å². The Labute approximate surface area is 172 Å². The van der Waals surface area contributed by atoms with Crippen molar-refractivity contribution in [1.82, 2.24) is 9.21 Å². The van der Waals surface area contributed by atoms with E-state index in [1.54, 1.807) is 52.8 Å². The largest absolute Gasteiger partial charge is 0.494 e. The molecule has 1 N–H and O–H groups in total. The van der Waals surface area contributed by atoms with Gasteiger partial charge in [0.05, 0.1) is 12.4 Å². The van der Waals surface area contributed by atoms with Crippen LogP contribution in [0.1, 0.15) is 22.8 Å². The predicted octanol–water partition coefficient (Wildman–Crippen LogP) is 2.41. The zero-order valence-corrected chi connectivity index (χ0v) is 17.6. The Balaban J connectivity index is 1.59. The number of anilines is 1. The molecule has 0 aromatic heterocycles. The molecule has 0 radical (unpaired) electrons. The summed E-state index contributed by atoms with van der Waals surface area (Å²) in [6.45, 7) is 5.01. The quantitative estimate of drug-likeness (QED) is 0.749. The van der Waals surface area contributed by atoms with Gasteiger partial charge in [-0.25, -0.2) is 8.42 Å². The topological polar surface area (TPSA) is 78.9 Å². The van der Waals surface area contributed by atoms with Crippen molar-refractivity contribution in [2.75, 3.05) is 45.2 Å². The summed E-state index contributed by atoms with van der Waals surface area (Å²) in [5.41, 5.74) is 1.81. The fourth-order valence-corrected chi connectivity index (χ4v) is 4.64. The first-order valence-electron chi connectivity index (χ1n) is 9.67. The third-order valence-electron chi connectivity index (χ3n) is 4.84. The van der Waals surface area contributed by atoms with Crippen LogP contribution in [-0.2, 0) is 15.8 Å². The lowest BCUT2D eigenvalue weighted by Crippen LogP contribution is -2.47. The number of ether oxygens (including phenoxy) is 1. The first kappa shape index (κ1) is 21.3. The zero-order valence-electron chi connectivity index (χ0n) is 16.8. The monoisotopic (exact) mass is 417 g/mol. The number of likely N-dealkylation sites (N-methyl/N-ethyl adjacent to an activating group) is 1. The molecule has 1 saturated heterocycles. The fraction of sp³-hybridized carbons (Fsp3) is 0.381. The number of sulfonamides is 1. The first-order valence-corrected chi connectivity index (χ1v) is 11.3. The third-order valence-corrected chi connectivity index (χ3v) is 6.69. The lowest BCUT2D eigenvalue weighted by Gasteiger charge is -2.31. The molecule has 2 aromatic rings. The molecule has 2 aromatic carbocycles. The molecule has 0 saturated carbocycles. The number of hydrogen-bond acceptors (Lipinski definition) is 5. The second-order valence-corrected chi connectivity index (χ2v) is 9.04. The van der Waals surface area contributed by atoms with E-state index in [0.717, 1.165) is 18.8 Å². The maximum absolute atomic E-state index is 12.6.